The molecular formula is C53H54N2O4S2. The van der Waals surface area contributed by atoms with E-state index in [9.17, 15) is 14.4 Å². The molecule has 1 fully saturated rings. The molecular weight excluding hydrogens is 793 g/mol. The number of hydrogen-bond acceptors (Lipinski definition) is 6. The van der Waals surface area contributed by atoms with E-state index in [4.69, 9.17) is 4.74 Å². The van der Waals surface area contributed by atoms with Crippen molar-refractivity contribution >= 4 is 41.3 Å². The molecule has 2 N–H and O–H groups in total. The van der Waals surface area contributed by atoms with E-state index in [1.807, 2.05) is 109 Å². The smallest absolute Gasteiger partial charge is 0.329 e. The van der Waals surface area contributed by atoms with E-state index in [-0.39, 0.29) is 24.0 Å². The second-order valence-electron chi connectivity index (χ2n) is 15.4. The van der Waals surface area contributed by atoms with Gasteiger partial charge in [0.25, 0.3) is 0 Å². The summed E-state index contributed by atoms with van der Waals surface area (Å²) in [7, 11) is 0. The SMILES string of the molecule is O=C1CCCCCCCCOC(=O)[C@H](CSC(c2ccccc2)(c2ccccc2)c2ccccc2)NC(=O)[C@H](CSC(c2ccccc2)(c2ccccc2)c2ccccc2)N1. The fourth-order valence-corrected chi connectivity index (χ4v) is 11.3. The highest BCUT2D eigenvalue weighted by Gasteiger charge is 2.41. The highest BCUT2D eigenvalue weighted by atomic mass is 32.2. The zero-order chi connectivity index (χ0) is 42.2. The third-order valence-electron chi connectivity index (χ3n) is 11.3. The molecule has 1 heterocycles. The maximum atomic E-state index is 14.9. The average molecular weight is 847 g/mol. The number of nitrogens with one attached hydrogen (secondary N) is 2. The number of carbonyl (C=O) groups is 3. The second-order valence-corrected chi connectivity index (χ2v) is 17.9. The number of cyclic esters (lactones) is 1. The monoisotopic (exact) mass is 846 g/mol. The molecule has 6 aromatic rings. The van der Waals surface area contributed by atoms with Crippen LogP contribution in [0, 0.1) is 0 Å². The van der Waals surface area contributed by atoms with Crippen LogP contribution in [0.15, 0.2) is 182 Å². The molecule has 0 bridgehead atoms. The Morgan fingerprint density at radius 3 is 1.13 bits per heavy atom. The molecule has 0 radical (unpaired) electrons. The molecule has 0 unspecified atom stereocenters. The molecule has 6 nitrogen and oxygen atoms in total. The van der Waals surface area contributed by atoms with Crippen LogP contribution in [0.25, 0.3) is 0 Å². The molecule has 2 amide bonds. The molecule has 6 aromatic carbocycles. The summed E-state index contributed by atoms with van der Waals surface area (Å²) in [5, 5.41) is 6.27. The lowest BCUT2D eigenvalue weighted by molar-refractivity contribution is -0.147. The topological polar surface area (TPSA) is 84.5 Å². The molecule has 0 saturated carbocycles. The van der Waals surface area contributed by atoms with Gasteiger partial charge in [0, 0.05) is 17.9 Å². The largest absolute Gasteiger partial charge is 0.464 e. The molecule has 8 heteroatoms. The van der Waals surface area contributed by atoms with Gasteiger partial charge in [0.15, 0.2) is 0 Å². The van der Waals surface area contributed by atoms with E-state index >= 15 is 0 Å². The van der Waals surface area contributed by atoms with Crippen molar-refractivity contribution in [2.45, 2.75) is 66.5 Å². The summed E-state index contributed by atoms with van der Waals surface area (Å²) in [6, 6.07) is 59.8. The van der Waals surface area contributed by atoms with Gasteiger partial charge in [-0.05, 0) is 46.2 Å². The Balaban J connectivity index is 1.26. The molecule has 61 heavy (non-hydrogen) atoms. The van der Waals surface area contributed by atoms with Crippen LogP contribution in [-0.2, 0) is 28.6 Å². The lowest BCUT2D eigenvalue weighted by atomic mass is 9.84. The van der Waals surface area contributed by atoms with Gasteiger partial charge in [-0.2, -0.15) is 0 Å². The Bertz CT molecular complexity index is 2070. The van der Waals surface area contributed by atoms with Gasteiger partial charge in [-0.25, -0.2) is 4.79 Å². The van der Waals surface area contributed by atoms with Crippen molar-refractivity contribution in [2.75, 3.05) is 18.1 Å². The first-order valence-corrected chi connectivity index (χ1v) is 23.4. The maximum absolute atomic E-state index is 14.9. The van der Waals surface area contributed by atoms with Gasteiger partial charge in [-0.3, -0.25) is 9.59 Å². The van der Waals surface area contributed by atoms with Crippen molar-refractivity contribution in [1.29, 1.82) is 0 Å². The van der Waals surface area contributed by atoms with E-state index in [1.54, 1.807) is 23.5 Å². The summed E-state index contributed by atoms with van der Waals surface area (Å²) >= 11 is 3.20. The van der Waals surface area contributed by atoms with Gasteiger partial charge < -0.3 is 15.4 Å². The summed E-state index contributed by atoms with van der Waals surface area (Å²) in [5.41, 5.74) is 6.29. The fraction of sp³-hybridized carbons (Fsp3) is 0.264. The zero-order valence-electron chi connectivity index (χ0n) is 34.5. The fourth-order valence-electron chi connectivity index (χ4n) is 8.21. The van der Waals surface area contributed by atoms with E-state index in [1.165, 1.54) is 0 Å². The minimum Gasteiger partial charge on any atom is -0.464 e. The first-order chi connectivity index (χ1) is 30.0. The first kappa shape index (κ1) is 43.5. The minimum absolute atomic E-state index is 0.178. The third-order valence-corrected chi connectivity index (χ3v) is 14.6. The summed E-state index contributed by atoms with van der Waals surface area (Å²) < 4.78 is 4.52. The zero-order valence-corrected chi connectivity index (χ0v) is 36.1. The molecule has 1 aliphatic rings. The van der Waals surface area contributed by atoms with Gasteiger partial charge in [0.2, 0.25) is 11.8 Å². The summed E-state index contributed by atoms with van der Waals surface area (Å²) in [5.74, 6) is -0.654. The number of ether oxygens (including phenoxy) is 1. The van der Waals surface area contributed by atoms with Crippen molar-refractivity contribution < 1.29 is 19.1 Å². The first-order valence-electron chi connectivity index (χ1n) is 21.4. The Labute approximate surface area is 369 Å². The van der Waals surface area contributed by atoms with Crippen LogP contribution in [0.4, 0.5) is 0 Å². The summed E-state index contributed by atoms with van der Waals surface area (Å²) in [6.45, 7) is 0.279. The third kappa shape index (κ3) is 10.7. The van der Waals surface area contributed by atoms with E-state index in [0.717, 1.165) is 71.9 Å². The minimum atomic E-state index is -1.01. The van der Waals surface area contributed by atoms with Crippen LogP contribution in [-0.4, -0.2) is 48.0 Å². The second kappa shape index (κ2) is 21.8. The van der Waals surface area contributed by atoms with Crippen LogP contribution in [0.2, 0.25) is 0 Å². The number of hydrogen-bond donors (Lipinski definition) is 2. The summed E-state index contributed by atoms with van der Waals surface area (Å²) in [4.78, 5) is 42.9. The summed E-state index contributed by atoms with van der Waals surface area (Å²) in [6.07, 6.45) is 5.65. The number of carbonyl (C=O) groups excluding carboxylic acids is 3. The molecule has 0 aromatic heterocycles. The van der Waals surface area contributed by atoms with Gasteiger partial charge in [0.05, 0.1) is 16.1 Å². The number of amides is 2. The molecule has 1 aliphatic heterocycles. The Morgan fingerprint density at radius 2 is 0.754 bits per heavy atom. The van der Waals surface area contributed by atoms with Crippen molar-refractivity contribution in [3.63, 3.8) is 0 Å². The Hall–Kier alpha value is -5.57. The molecule has 312 valence electrons. The van der Waals surface area contributed by atoms with Crippen LogP contribution >= 0.6 is 23.5 Å². The van der Waals surface area contributed by atoms with E-state index in [0.29, 0.717) is 6.42 Å². The lowest BCUT2D eigenvalue weighted by Crippen LogP contribution is -2.54. The molecule has 2 atom stereocenters. The normalized spacial score (nSPS) is 17.4. The quantitative estimate of drug-likeness (QED) is 0.0943. The Morgan fingerprint density at radius 1 is 0.426 bits per heavy atom. The average Bonchev–Trinajstić information content (AvgIpc) is 3.32. The molecule has 1 saturated heterocycles. The van der Waals surface area contributed by atoms with Crippen LogP contribution in [0.5, 0.6) is 0 Å². The van der Waals surface area contributed by atoms with Crippen LogP contribution in [0.1, 0.15) is 78.3 Å². The number of rotatable bonds is 12. The van der Waals surface area contributed by atoms with Gasteiger partial charge in [-0.15, -0.1) is 23.5 Å². The number of benzene rings is 6. The molecule has 7 rings (SSSR count). The van der Waals surface area contributed by atoms with Crippen LogP contribution < -0.4 is 10.6 Å². The van der Waals surface area contributed by atoms with E-state index in [2.05, 4.69) is 83.4 Å². The Kier molecular flexibility index (Phi) is 15.6. The van der Waals surface area contributed by atoms with Gasteiger partial charge in [-0.1, -0.05) is 208 Å². The van der Waals surface area contributed by atoms with Crippen molar-refractivity contribution in [3.05, 3.63) is 215 Å². The lowest BCUT2D eigenvalue weighted by Gasteiger charge is -2.37. The number of esters is 1. The predicted octanol–water partition coefficient (Wildman–Crippen LogP) is 10.7. The van der Waals surface area contributed by atoms with E-state index < -0.39 is 33.5 Å². The van der Waals surface area contributed by atoms with Crippen molar-refractivity contribution in [1.82, 2.24) is 10.6 Å². The van der Waals surface area contributed by atoms with Crippen molar-refractivity contribution in [2.24, 2.45) is 0 Å². The highest BCUT2D eigenvalue weighted by Crippen LogP contribution is 2.50. The molecule has 0 spiro atoms. The highest BCUT2D eigenvalue weighted by molar-refractivity contribution is 8.01. The maximum Gasteiger partial charge on any atom is 0.329 e. The predicted molar refractivity (Wildman–Crippen MR) is 250 cm³/mol. The molecule has 0 aliphatic carbocycles. The van der Waals surface area contributed by atoms with Crippen LogP contribution in [0.3, 0.4) is 0 Å². The van der Waals surface area contributed by atoms with Crippen molar-refractivity contribution in [3.8, 4) is 0 Å². The van der Waals surface area contributed by atoms with Gasteiger partial charge >= 0.3 is 5.97 Å². The number of thioether (sulfide) groups is 2. The van der Waals surface area contributed by atoms with Gasteiger partial charge in [0.1, 0.15) is 12.1 Å². The standard InChI is InChI=1S/C53H54N2O4S2/c56-49-37-23-3-1-2-4-24-38-59-51(58)48(40-61-53(44-31-17-8-18-32-44,45-33-19-9-20-34-45)46-35-21-10-22-36-46)55-50(57)47(54-49)39-60-52(41-25-11-5-12-26-41,42-27-13-6-14-28-42)43-29-15-7-16-30-43/h5-22,25-36,47-48H,1-4,23-24,37-40H2,(H,54,56)(H,55,57)/t47-,48-/m0/s1.